The third-order valence-corrected chi connectivity index (χ3v) is 9.28. The fourth-order valence-corrected chi connectivity index (χ4v) is 7.44. The van der Waals surface area contributed by atoms with Gasteiger partial charge in [0.1, 0.15) is 5.69 Å². The van der Waals surface area contributed by atoms with Crippen molar-refractivity contribution >= 4 is 58.5 Å². The summed E-state index contributed by atoms with van der Waals surface area (Å²) < 4.78 is 0. The first-order valence-corrected chi connectivity index (χ1v) is 14.6. The van der Waals surface area contributed by atoms with E-state index in [9.17, 15) is 24.5 Å². The molecule has 0 saturated carbocycles. The van der Waals surface area contributed by atoms with Crippen LogP contribution in [0.5, 0.6) is 0 Å². The normalized spacial score (nSPS) is 23.0. The summed E-state index contributed by atoms with van der Waals surface area (Å²) in [6.07, 6.45) is 1.59. The molecule has 0 radical (unpaired) electrons. The van der Waals surface area contributed by atoms with E-state index in [1.54, 1.807) is 30.5 Å². The Hall–Kier alpha value is -4.86. The lowest BCUT2D eigenvalue weighted by atomic mass is 9.47. The number of nitro groups is 1. The van der Waals surface area contributed by atoms with Gasteiger partial charge in [-0.15, -0.1) is 0 Å². The van der Waals surface area contributed by atoms with Gasteiger partial charge in [0.15, 0.2) is 0 Å². The van der Waals surface area contributed by atoms with Crippen LogP contribution < -0.4 is 10.3 Å². The van der Waals surface area contributed by atoms with Crippen LogP contribution in [-0.4, -0.2) is 28.9 Å². The lowest BCUT2D eigenvalue weighted by Gasteiger charge is -2.52. The Morgan fingerprint density at radius 3 is 2.16 bits per heavy atom. The monoisotopic (exact) mass is 624 g/mol. The first-order chi connectivity index (χ1) is 21.2. The van der Waals surface area contributed by atoms with Crippen LogP contribution in [0.2, 0.25) is 10.0 Å². The minimum Gasteiger partial charge on any atom is -0.274 e. The summed E-state index contributed by atoms with van der Waals surface area (Å²) in [4.78, 5) is 53.9. The van der Waals surface area contributed by atoms with Crippen LogP contribution in [0.1, 0.15) is 33.7 Å². The number of carbonyl (C=O) groups excluding carboxylic acids is 3. The molecule has 11 heteroatoms. The molecule has 2 bridgehead atoms. The van der Waals surface area contributed by atoms with Crippen molar-refractivity contribution in [3.63, 3.8) is 0 Å². The van der Waals surface area contributed by atoms with Crippen molar-refractivity contribution < 1.29 is 19.3 Å². The maximum Gasteiger partial charge on any atom is 0.294 e. The molecule has 1 N–H and O–H groups in total. The Bertz CT molecular complexity index is 1880. The maximum atomic E-state index is 14.5. The average Bonchev–Trinajstić information content (AvgIpc) is 3.29. The maximum absolute atomic E-state index is 14.5. The molecule has 44 heavy (non-hydrogen) atoms. The van der Waals surface area contributed by atoms with E-state index in [0.29, 0.717) is 5.02 Å². The van der Waals surface area contributed by atoms with E-state index in [1.165, 1.54) is 12.1 Å². The van der Waals surface area contributed by atoms with Gasteiger partial charge in [0.25, 0.3) is 5.69 Å². The van der Waals surface area contributed by atoms with Crippen LogP contribution >= 0.6 is 23.2 Å². The molecule has 4 aliphatic rings. The number of hydrogen-bond acceptors (Lipinski definition) is 6. The summed E-state index contributed by atoms with van der Waals surface area (Å²) in [6.45, 7) is 0. The Morgan fingerprint density at radius 1 is 0.909 bits per heavy atom. The van der Waals surface area contributed by atoms with E-state index in [1.807, 2.05) is 48.5 Å². The van der Waals surface area contributed by atoms with Crippen molar-refractivity contribution in [2.75, 3.05) is 4.90 Å². The van der Waals surface area contributed by atoms with Gasteiger partial charge in [-0.25, -0.2) is 10.3 Å². The molecular weight excluding hydrogens is 603 g/mol. The zero-order valence-electron chi connectivity index (χ0n) is 22.8. The molecule has 1 fully saturated rings. The number of benzene rings is 4. The molecule has 0 unspecified atom stereocenters. The van der Waals surface area contributed by atoms with Crippen molar-refractivity contribution in [3.05, 3.63) is 139 Å². The Morgan fingerprint density at radius 2 is 1.52 bits per heavy atom. The summed E-state index contributed by atoms with van der Waals surface area (Å²) in [5.74, 6) is -3.80. The van der Waals surface area contributed by atoms with Crippen molar-refractivity contribution in [1.82, 2.24) is 5.43 Å². The third kappa shape index (κ3) is 4.07. The van der Waals surface area contributed by atoms with E-state index in [-0.39, 0.29) is 23.0 Å². The predicted octanol–water partition coefficient (Wildman–Crippen LogP) is 5.80. The van der Waals surface area contributed by atoms with Gasteiger partial charge in [-0.1, -0.05) is 83.9 Å². The molecule has 218 valence electrons. The summed E-state index contributed by atoms with van der Waals surface area (Å²) in [5.41, 5.74) is 4.80. The number of hydrazone groups is 1. The Balaban J connectivity index is 1.36. The van der Waals surface area contributed by atoms with E-state index < -0.39 is 45.6 Å². The summed E-state index contributed by atoms with van der Waals surface area (Å²) in [7, 11) is 0. The molecule has 1 saturated heterocycles. The molecule has 8 rings (SSSR count). The highest BCUT2D eigenvalue weighted by atomic mass is 35.5. The smallest absolute Gasteiger partial charge is 0.274 e. The number of nitrogens with one attached hydrogen (secondary N) is 1. The number of halogens is 2. The van der Waals surface area contributed by atoms with E-state index >= 15 is 0 Å². The number of nitrogens with zero attached hydrogens (tertiary/aromatic N) is 3. The van der Waals surface area contributed by atoms with E-state index in [4.69, 9.17) is 23.2 Å². The number of rotatable bonds is 6. The topological polar surface area (TPSA) is 122 Å². The zero-order chi connectivity index (χ0) is 30.7. The lowest BCUT2D eigenvalue weighted by Crippen LogP contribution is -2.54. The molecule has 3 amide bonds. The lowest BCUT2D eigenvalue weighted by molar-refractivity contribution is -0.384. The van der Waals surface area contributed by atoms with Crippen LogP contribution in [0.4, 0.5) is 11.4 Å². The second kappa shape index (κ2) is 10.4. The summed E-state index contributed by atoms with van der Waals surface area (Å²) in [6, 6.07) is 25.9. The average molecular weight is 625 g/mol. The second-order valence-corrected chi connectivity index (χ2v) is 11.9. The summed E-state index contributed by atoms with van der Waals surface area (Å²) in [5, 5.41) is 17.1. The Kier molecular flexibility index (Phi) is 6.60. The van der Waals surface area contributed by atoms with Gasteiger partial charge in [0.05, 0.1) is 28.6 Å². The standard InChI is InChI=1S/C33H22Cl2N4O5/c34-19-11-9-18(10-12-19)15-27(40)37-36-17-33-23-7-3-1-5-21(23)28(22-6-2-4-8-24(22)33)29-30(33)32(42)38(31(29)41)25-14-13-20(35)16-26(25)39(43)44/h1-14,16-17,28-30H,15H2,(H,37,40)/b36-17-/t28?,29-,30+,33?/m0/s1. The predicted molar refractivity (Wildman–Crippen MR) is 165 cm³/mol. The molecule has 0 spiro atoms. The number of imide groups is 1. The van der Waals surface area contributed by atoms with Crippen molar-refractivity contribution in [2.24, 2.45) is 16.9 Å². The number of anilines is 1. The van der Waals surface area contributed by atoms with Gasteiger partial charge in [-0.3, -0.25) is 24.5 Å². The largest absolute Gasteiger partial charge is 0.294 e. The van der Waals surface area contributed by atoms with Gasteiger partial charge in [0.2, 0.25) is 17.7 Å². The van der Waals surface area contributed by atoms with Gasteiger partial charge in [-0.2, -0.15) is 5.10 Å². The molecule has 1 aliphatic heterocycles. The van der Waals surface area contributed by atoms with Crippen LogP contribution in [0, 0.1) is 22.0 Å². The number of carbonyl (C=O) groups is 3. The van der Waals surface area contributed by atoms with Gasteiger partial charge in [-0.05, 0) is 52.1 Å². The number of amides is 3. The minimum atomic E-state index is -1.25. The first kappa shape index (κ1) is 27.9. The molecule has 0 aromatic heterocycles. The van der Waals surface area contributed by atoms with Crippen molar-refractivity contribution in [2.45, 2.75) is 17.8 Å². The van der Waals surface area contributed by atoms with Crippen LogP contribution in [-0.2, 0) is 26.2 Å². The SMILES string of the molecule is O=C(Cc1ccc(Cl)cc1)N/N=C\C12c3ccccc3C(c3ccccc31)[C@@H]1C(=O)N(c3ccc(Cl)cc3[N+](=O)[O-])C(=O)[C@@H]12. The third-order valence-electron chi connectivity index (χ3n) is 8.79. The zero-order valence-corrected chi connectivity index (χ0v) is 24.3. The molecule has 9 nitrogen and oxygen atoms in total. The highest BCUT2D eigenvalue weighted by molar-refractivity contribution is 6.31. The molecular formula is C33H22Cl2N4O5. The van der Waals surface area contributed by atoms with Gasteiger partial charge >= 0.3 is 0 Å². The van der Waals surface area contributed by atoms with Gasteiger partial charge in [0, 0.05) is 28.2 Å². The highest BCUT2D eigenvalue weighted by Gasteiger charge is 2.68. The molecule has 4 aromatic carbocycles. The quantitative estimate of drug-likeness (QED) is 0.126. The second-order valence-electron chi connectivity index (χ2n) is 11.0. The van der Waals surface area contributed by atoms with Gasteiger partial charge < -0.3 is 0 Å². The van der Waals surface area contributed by atoms with E-state index in [2.05, 4.69) is 10.5 Å². The highest BCUT2D eigenvalue weighted by Crippen LogP contribution is 2.64. The molecule has 2 atom stereocenters. The minimum absolute atomic E-state index is 0.0498. The van der Waals surface area contributed by atoms with E-state index in [0.717, 1.165) is 38.8 Å². The molecule has 3 aliphatic carbocycles. The van der Waals surface area contributed by atoms with Crippen LogP contribution in [0.15, 0.2) is 96.1 Å². The summed E-state index contributed by atoms with van der Waals surface area (Å²) >= 11 is 12.0. The van der Waals surface area contributed by atoms with Crippen molar-refractivity contribution in [3.8, 4) is 0 Å². The fourth-order valence-electron chi connectivity index (χ4n) is 7.15. The molecule has 4 aromatic rings. The molecule has 1 heterocycles. The Labute approximate surface area is 261 Å². The fraction of sp³-hybridized carbons (Fsp3) is 0.152. The first-order valence-electron chi connectivity index (χ1n) is 13.8. The number of hydrogen-bond donors (Lipinski definition) is 1. The van der Waals surface area contributed by atoms with Crippen LogP contribution in [0.25, 0.3) is 0 Å². The van der Waals surface area contributed by atoms with Crippen LogP contribution in [0.3, 0.4) is 0 Å². The van der Waals surface area contributed by atoms with Crippen molar-refractivity contribution in [1.29, 1.82) is 0 Å². The number of nitro benzene ring substituents is 1.